The van der Waals surface area contributed by atoms with Crippen LogP contribution in [-0.4, -0.2) is 52.3 Å². The van der Waals surface area contributed by atoms with Gasteiger partial charge in [-0.15, -0.1) is 0 Å². The van der Waals surface area contributed by atoms with Gasteiger partial charge in [0.05, 0.1) is 0 Å². The third-order valence-electron chi connectivity index (χ3n) is 4.33. The number of rotatable bonds is 2. The van der Waals surface area contributed by atoms with Gasteiger partial charge in [0, 0.05) is 6.42 Å². The number of ether oxygens (including phenoxy) is 4. The third kappa shape index (κ3) is 5.28. The standard InChI is InChI=1S/C21H33NO6/c1-10-13-11-14(25-18(24)28-20(5,6)7)16-15(12-13)26-21(8,9)22(16)17(23)27-19(2,3)4/h10,12,14-16H,1,11H2,2-9H3/t14-,15-,16-/m1/s1. The van der Waals surface area contributed by atoms with Crippen LogP contribution in [0, 0.1) is 0 Å². The van der Waals surface area contributed by atoms with Gasteiger partial charge in [-0.3, -0.25) is 4.90 Å². The number of allylic oxidation sites excluding steroid dienone is 1. The second kappa shape index (κ2) is 7.43. The predicted molar refractivity (Wildman–Crippen MR) is 105 cm³/mol. The largest absolute Gasteiger partial charge is 0.509 e. The van der Waals surface area contributed by atoms with Crippen molar-refractivity contribution < 1.29 is 28.5 Å². The molecule has 158 valence electrons. The van der Waals surface area contributed by atoms with E-state index in [4.69, 9.17) is 18.9 Å². The molecule has 1 aliphatic carbocycles. The lowest BCUT2D eigenvalue weighted by Crippen LogP contribution is -2.55. The zero-order valence-electron chi connectivity index (χ0n) is 18.2. The van der Waals surface area contributed by atoms with Gasteiger partial charge in [0.1, 0.15) is 35.2 Å². The van der Waals surface area contributed by atoms with Crippen molar-refractivity contribution in [3.63, 3.8) is 0 Å². The van der Waals surface area contributed by atoms with Crippen molar-refractivity contribution in [3.8, 4) is 0 Å². The lowest BCUT2D eigenvalue weighted by atomic mass is 9.89. The van der Waals surface area contributed by atoms with Gasteiger partial charge >= 0.3 is 12.2 Å². The van der Waals surface area contributed by atoms with Gasteiger partial charge in [-0.25, -0.2) is 9.59 Å². The smallest absolute Gasteiger partial charge is 0.444 e. The highest BCUT2D eigenvalue weighted by Gasteiger charge is 2.56. The Morgan fingerprint density at radius 3 is 2.25 bits per heavy atom. The van der Waals surface area contributed by atoms with Crippen LogP contribution in [-0.2, 0) is 18.9 Å². The highest BCUT2D eigenvalue weighted by molar-refractivity contribution is 5.70. The minimum absolute atomic E-state index is 0.405. The van der Waals surface area contributed by atoms with Gasteiger partial charge in [-0.2, -0.15) is 0 Å². The Balaban J connectivity index is 2.34. The van der Waals surface area contributed by atoms with E-state index < -0.39 is 47.4 Å². The second-order valence-corrected chi connectivity index (χ2v) is 9.64. The van der Waals surface area contributed by atoms with Crippen molar-refractivity contribution in [1.29, 1.82) is 0 Å². The summed E-state index contributed by atoms with van der Waals surface area (Å²) in [4.78, 5) is 26.8. The maximum atomic E-state index is 13.0. The summed E-state index contributed by atoms with van der Waals surface area (Å²) in [5.74, 6) is 0. The Morgan fingerprint density at radius 2 is 1.75 bits per heavy atom. The fourth-order valence-corrected chi connectivity index (χ4v) is 3.42. The van der Waals surface area contributed by atoms with Gasteiger partial charge in [-0.1, -0.05) is 18.7 Å². The molecule has 0 aromatic heterocycles. The molecule has 1 fully saturated rings. The molecule has 0 saturated carbocycles. The Labute approximate surface area is 167 Å². The summed E-state index contributed by atoms with van der Waals surface area (Å²) in [5.41, 5.74) is -1.39. The number of amides is 1. The number of carbonyl (C=O) groups is 2. The first-order chi connectivity index (χ1) is 12.6. The molecule has 28 heavy (non-hydrogen) atoms. The lowest BCUT2D eigenvalue weighted by Gasteiger charge is -2.38. The van der Waals surface area contributed by atoms with E-state index in [1.807, 2.05) is 6.08 Å². The van der Waals surface area contributed by atoms with E-state index in [2.05, 4.69) is 6.58 Å². The zero-order valence-corrected chi connectivity index (χ0v) is 18.2. The molecule has 0 spiro atoms. The highest BCUT2D eigenvalue weighted by Crippen LogP contribution is 2.41. The Hall–Kier alpha value is -2.02. The number of fused-ring (bicyclic) bond motifs is 1. The molecule has 7 heteroatoms. The van der Waals surface area contributed by atoms with Gasteiger partial charge in [-0.05, 0) is 61.0 Å². The van der Waals surface area contributed by atoms with Crippen LogP contribution in [0.1, 0.15) is 61.8 Å². The molecular weight excluding hydrogens is 362 g/mol. The maximum absolute atomic E-state index is 13.0. The number of hydrogen-bond donors (Lipinski definition) is 0. The second-order valence-electron chi connectivity index (χ2n) is 9.64. The molecule has 1 aliphatic heterocycles. The van der Waals surface area contributed by atoms with Gasteiger partial charge in [0.15, 0.2) is 0 Å². The van der Waals surface area contributed by atoms with E-state index in [9.17, 15) is 9.59 Å². The van der Waals surface area contributed by atoms with E-state index in [-0.39, 0.29) is 0 Å². The Morgan fingerprint density at radius 1 is 1.18 bits per heavy atom. The molecule has 1 saturated heterocycles. The average molecular weight is 395 g/mol. The molecule has 0 aromatic carbocycles. The van der Waals surface area contributed by atoms with Crippen molar-refractivity contribution >= 4 is 12.2 Å². The molecule has 2 rings (SSSR count). The van der Waals surface area contributed by atoms with Gasteiger partial charge in [0.25, 0.3) is 0 Å². The normalized spacial score (nSPS) is 26.8. The summed E-state index contributed by atoms with van der Waals surface area (Å²) in [6.45, 7) is 18.1. The molecule has 2 aliphatic rings. The van der Waals surface area contributed by atoms with Crippen LogP contribution < -0.4 is 0 Å². The van der Waals surface area contributed by atoms with Crippen molar-refractivity contribution in [3.05, 3.63) is 24.3 Å². The molecule has 0 bridgehead atoms. The van der Waals surface area contributed by atoms with E-state index in [0.29, 0.717) is 6.42 Å². The number of nitrogens with zero attached hydrogens (tertiary/aromatic N) is 1. The highest BCUT2D eigenvalue weighted by atomic mass is 16.7. The summed E-state index contributed by atoms with van der Waals surface area (Å²) in [5, 5.41) is 0. The molecule has 0 radical (unpaired) electrons. The molecule has 3 atom stereocenters. The quantitative estimate of drug-likeness (QED) is 0.638. The first kappa shape index (κ1) is 22.3. The van der Waals surface area contributed by atoms with Crippen LogP contribution in [0.3, 0.4) is 0 Å². The van der Waals surface area contributed by atoms with Gasteiger partial charge in [0.2, 0.25) is 0 Å². The molecule has 0 aromatic rings. The molecule has 0 unspecified atom stereocenters. The maximum Gasteiger partial charge on any atom is 0.509 e. The fraction of sp³-hybridized carbons (Fsp3) is 0.714. The van der Waals surface area contributed by atoms with E-state index in [0.717, 1.165) is 5.57 Å². The third-order valence-corrected chi connectivity index (χ3v) is 4.33. The fourth-order valence-electron chi connectivity index (χ4n) is 3.42. The minimum atomic E-state index is -0.930. The molecular formula is C21H33NO6. The van der Waals surface area contributed by atoms with Crippen LogP contribution in [0.4, 0.5) is 9.59 Å². The van der Waals surface area contributed by atoms with E-state index in [1.54, 1.807) is 61.5 Å². The SMILES string of the molecule is C=CC1=C[C@H]2OC(C)(C)N(C(=O)OC(C)(C)C)[C@@H]2[C@H](OC(=O)OC(C)(C)C)C1. The van der Waals surface area contributed by atoms with Gasteiger partial charge < -0.3 is 18.9 Å². The summed E-state index contributed by atoms with van der Waals surface area (Å²) >= 11 is 0. The van der Waals surface area contributed by atoms with Crippen molar-refractivity contribution in [1.82, 2.24) is 4.90 Å². The van der Waals surface area contributed by atoms with Crippen molar-refractivity contribution in [2.24, 2.45) is 0 Å². The molecule has 7 nitrogen and oxygen atoms in total. The van der Waals surface area contributed by atoms with E-state index >= 15 is 0 Å². The summed E-state index contributed by atoms with van der Waals surface area (Å²) < 4.78 is 22.6. The molecule has 1 amide bonds. The lowest BCUT2D eigenvalue weighted by molar-refractivity contribution is -0.0773. The summed E-state index contributed by atoms with van der Waals surface area (Å²) in [6.07, 6.45) is 1.63. The first-order valence-corrected chi connectivity index (χ1v) is 9.56. The van der Waals surface area contributed by atoms with Crippen LogP contribution in [0.25, 0.3) is 0 Å². The molecule has 1 heterocycles. The minimum Gasteiger partial charge on any atom is -0.444 e. The Kier molecular flexibility index (Phi) is 5.91. The zero-order chi connectivity index (χ0) is 21.5. The average Bonchev–Trinajstić information content (AvgIpc) is 2.73. The van der Waals surface area contributed by atoms with Crippen LogP contribution in [0.2, 0.25) is 0 Å². The Bertz CT molecular complexity index is 667. The van der Waals surface area contributed by atoms with Crippen LogP contribution in [0.5, 0.6) is 0 Å². The first-order valence-electron chi connectivity index (χ1n) is 9.56. The summed E-state index contributed by atoms with van der Waals surface area (Å²) in [7, 11) is 0. The number of hydrogen-bond acceptors (Lipinski definition) is 6. The predicted octanol–water partition coefficient (Wildman–Crippen LogP) is 4.56. The summed E-state index contributed by atoms with van der Waals surface area (Å²) in [6, 6.07) is -0.527. The van der Waals surface area contributed by atoms with Crippen LogP contribution >= 0.6 is 0 Å². The topological polar surface area (TPSA) is 74.3 Å². The number of carbonyl (C=O) groups excluding carboxylic acids is 2. The van der Waals surface area contributed by atoms with Crippen molar-refractivity contribution in [2.75, 3.05) is 0 Å². The van der Waals surface area contributed by atoms with E-state index in [1.165, 1.54) is 4.90 Å². The van der Waals surface area contributed by atoms with Crippen LogP contribution in [0.15, 0.2) is 24.3 Å². The molecule has 0 N–H and O–H groups in total. The van der Waals surface area contributed by atoms with Crippen molar-refractivity contribution in [2.45, 2.75) is 97.0 Å². The monoisotopic (exact) mass is 395 g/mol.